The van der Waals surface area contributed by atoms with Crippen LogP contribution in [0.1, 0.15) is 97.8 Å². The van der Waals surface area contributed by atoms with Gasteiger partial charge >= 0.3 is 6.09 Å². The van der Waals surface area contributed by atoms with Crippen LogP contribution in [0.2, 0.25) is 0 Å². The molecule has 10 nitrogen and oxygen atoms in total. The van der Waals surface area contributed by atoms with Gasteiger partial charge in [0.2, 0.25) is 11.8 Å². The average molecular weight is 607 g/mol. The summed E-state index contributed by atoms with van der Waals surface area (Å²) < 4.78 is 5.35. The van der Waals surface area contributed by atoms with Crippen molar-refractivity contribution >= 4 is 17.9 Å². The third-order valence-electron chi connectivity index (χ3n) is 9.47. The van der Waals surface area contributed by atoms with E-state index in [4.69, 9.17) is 10.5 Å². The first-order valence-electron chi connectivity index (χ1n) is 16.9. The van der Waals surface area contributed by atoms with Crippen LogP contribution < -0.4 is 11.1 Å². The maximum atomic E-state index is 13.2. The van der Waals surface area contributed by atoms with E-state index in [9.17, 15) is 14.4 Å². The van der Waals surface area contributed by atoms with Crippen LogP contribution in [0.4, 0.5) is 4.79 Å². The lowest BCUT2D eigenvalue weighted by Gasteiger charge is -2.45. The fourth-order valence-corrected chi connectivity index (χ4v) is 7.68. The first-order chi connectivity index (χ1) is 20.3. The van der Waals surface area contributed by atoms with Crippen LogP contribution in [0.15, 0.2) is 0 Å². The van der Waals surface area contributed by atoms with Crippen molar-refractivity contribution in [3.63, 3.8) is 0 Å². The molecule has 6 atom stereocenters. The van der Waals surface area contributed by atoms with Crippen molar-refractivity contribution in [3.05, 3.63) is 0 Å². The molecule has 0 unspecified atom stereocenters. The molecule has 2 saturated heterocycles. The highest BCUT2D eigenvalue weighted by Gasteiger charge is 2.39. The Hall–Kier alpha value is -1.91. The van der Waals surface area contributed by atoms with Gasteiger partial charge in [-0.3, -0.25) is 9.59 Å². The molecule has 3 amide bonds. The fraction of sp³-hybridized carbons (Fsp3) is 0.909. The number of amides is 3. The number of hydrogen-bond acceptors (Lipinski definition) is 7. The smallest absolute Gasteiger partial charge is 0.408 e. The molecule has 248 valence electrons. The Morgan fingerprint density at radius 1 is 0.744 bits per heavy atom. The molecule has 10 heteroatoms. The lowest BCUT2D eigenvalue weighted by atomic mass is 9.78. The van der Waals surface area contributed by atoms with Crippen LogP contribution in [0.5, 0.6) is 0 Å². The molecule has 4 rings (SSSR count). The number of alkyl carbamates (subject to hydrolysis) is 1. The van der Waals surface area contributed by atoms with Crippen molar-refractivity contribution < 1.29 is 19.1 Å². The molecule has 3 N–H and O–H groups in total. The van der Waals surface area contributed by atoms with Crippen LogP contribution in [-0.2, 0) is 14.3 Å². The van der Waals surface area contributed by atoms with Crippen LogP contribution in [0, 0.1) is 11.8 Å². The van der Waals surface area contributed by atoms with Gasteiger partial charge in [-0.2, -0.15) is 0 Å². The summed E-state index contributed by atoms with van der Waals surface area (Å²) in [5, 5.41) is 2.80. The molecule has 0 aromatic heterocycles. The predicted octanol–water partition coefficient (Wildman–Crippen LogP) is 3.68. The molecule has 2 saturated carbocycles. The van der Waals surface area contributed by atoms with Crippen molar-refractivity contribution in [2.24, 2.45) is 17.6 Å². The van der Waals surface area contributed by atoms with Gasteiger partial charge in [-0.05, 0) is 112 Å². The molecular weight excluding hydrogens is 544 g/mol. The Morgan fingerprint density at radius 2 is 1.19 bits per heavy atom. The van der Waals surface area contributed by atoms with E-state index in [1.807, 2.05) is 63.7 Å². The molecule has 2 aliphatic carbocycles. The van der Waals surface area contributed by atoms with Crippen molar-refractivity contribution in [2.75, 3.05) is 54.4 Å². The maximum absolute atomic E-state index is 13.2. The van der Waals surface area contributed by atoms with Gasteiger partial charge in [0.1, 0.15) is 11.6 Å². The molecule has 2 heterocycles. The fourth-order valence-electron chi connectivity index (χ4n) is 7.68. The first-order valence-corrected chi connectivity index (χ1v) is 16.9. The summed E-state index contributed by atoms with van der Waals surface area (Å²) in [6.45, 7) is 8.32. The zero-order chi connectivity index (χ0) is 31.7. The number of fused-ring (bicyclic) bond motifs is 2. The summed E-state index contributed by atoms with van der Waals surface area (Å²) in [5.41, 5.74) is 5.46. The Balaban J connectivity index is 0.000000248. The van der Waals surface area contributed by atoms with Crippen LogP contribution >= 0.6 is 0 Å². The molecule has 0 bridgehead atoms. The van der Waals surface area contributed by atoms with E-state index in [1.54, 1.807) is 0 Å². The van der Waals surface area contributed by atoms with E-state index in [1.165, 1.54) is 57.8 Å². The predicted molar refractivity (Wildman–Crippen MR) is 172 cm³/mol. The number of nitrogens with one attached hydrogen (secondary N) is 1. The topological polar surface area (TPSA) is 111 Å². The zero-order valence-electron chi connectivity index (χ0n) is 28.3. The van der Waals surface area contributed by atoms with Crippen LogP contribution in [0.3, 0.4) is 0 Å². The monoisotopic (exact) mass is 606 g/mol. The van der Waals surface area contributed by atoms with E-state index >= 15 is 0 Å². The van der Waals surface area contributed by atoms with Crippen LogP contribution in [-0.4, -0.2) is 122 Å². The van der Waals surface area contributed by atoms with Gasteiger partial charge in [0.25, 0.3) is 0 Å². The molecule has 2 aliphatic heterocycles. The Bertz CT molecular complexity index is 902. The number of piperidine rings is 2. The maximum Gasteiger partial charge on any atom is 0.408 e. The Labute approximate surface area is 261 Å². The van der Waals surface area contributed by atoms with Crippen molar-refractivity contribution in [3.8, 4) is 0 Å². The second-order valence-corrected chi connectivity index (χ2v) is 14.9. The van der Waals surface area contributed by atoms with E-state index in [0.29, 0.717) is 31.1 Å². The first kappa shape index (κ1) is 35.6. The Morgan fingerprint density at radius 3 is 1.65 bits per heavy atom. The van der Waals surface area contributed by atoms with Crippen LogP contribution in [0.25, 0.3) is 0 Å². The number of nitrogens with zero attached hydrogens (tertiary/aromatic N) is 4. The number of hydrogen-bond donors (Lipinski definition) is 2. The average Bonchev–Trinajstić information content (AvgIpc) is 2.94. The number of ether oxygens (including phenoxy) is 1. The molecule has 43 heavy (non-hydrogen) atoms. The number of nitrogens with two attached hydrogens (primary N) is 1. The number of likely N-dealkylation sites (tertiary alicyclic amines) is 2. The molecule has 0 radical (unpaired) electrons. The standard InChI is InChI=1S/C19H35N3O3.C14H27N3O/c1-19(2,3)25-18(24)20-15(13-21(4)5)17(23)22-12-8-10-14-9-6-7-11-16(14)22;1-16(2)10-12(15)14(18)17-9-5-7-11-6-3-4-8-13(11)17/h14-16H,6-13H2,1-5H3,(H,20,24);11-13H,3-10,15H2,1-2H3/t14-,15-,16+;11-,12-,13+/m11/s1. The molecular formula is C33H62N6O4. The quantitative estimate of drug-likeness (QED) is 0.455. The Kier molecular flexibility index (Phi) is 13.6. The summed E-state index contributed by atoms with van der Waals surface area (Å²) in [7, 11) is 7.76. The number of likely N-dealkylation sites (N-methyl/N-ethyl adjacent to an activating group) is 2. The molecule has 0 aromatic carbocycles. The highest BCUT2D eigenvalue weighted by molar-refractivity contribution is 5.86. The van der Waals surface area contributed by atoms with Crippen molar-refractivity contribution in [2.45, 2.75) is 128 Å². The molecule has 0 aromatic rings. The van der Waals surface area contributed by atoms with Gasteiger partial charge in [0.15, 0.2) is 0 Å². The highest BCUT2D eigenvalue weighted by Crippen LogP contribution is 2.36. The van der Waals surface area contributed by atoms with E-state index in [0.717, 1.165) is 38.3 Å². The van der Waals surface area contributed by atoms with E-state index < -0.39 is 17.7 Å². The second-order valence-electron chi connectivity index (χ2n) is 14.9. The third kappa shape index (κ3) is 10.9. The minimum Gasteiger partial charge on any atom is -0.444 e. The third-order valence-corrected chi connectivity index (χ3v) is 9.47. The summed E-state index contributed by atoms with van der Waals surface area (Å²) in [6.07, 6.45) is 14.1. The zero-order valence-corrected chi connectivity index (χ0v) is 28.3. The van der Waals surface area contributed by atoms with Gasteiger partial charge in [-0.15, -0.1) is 0 Å². The summed E-state index contributed by atoms with van der Waals surface area (Å²) >= 11 is 0. The highest BCUT2D eigenvalue weighted by atomic mass is 16.6. The van der Waals surface area contributed by atoms with Gasteiger partial charge in [-0.25, -0.2) is 4.79 Å². The SMILES string of the molecule is CN(C)C[C@@H](N)C(=O)N1CCC[C@H]2CCCC[C@@H]21.CN(C)C[C@@H](NC(=O)OC(C)(C)C)C(=O)N1CCC[C@H]2CCCC[C@@H]21. The van der Waals surface area contributed by atoms with Crippen molar-refractivity contribution in [1.29, 1.82) is 0 Å². The molecule has 4 aliphatic rings. The second kappa shape index (κ2) is 16.4. The molecule has 4 fully saturated rings. The number of carbonyl (C=O) groups excluding carboxylic acids is 3. The van der Waals surface area contributed by atoms with Crippen molar-refractivity contribution in [1.82, 2.24) is 24.9 Å². The number of rotatable bonds is 7. The van der Waals surface area contributed by atoms with Gasteiger partial charge < -0.3 is 35.4 Å². The lowest BCUT2D eigenvalue weighted by Crippen LogP contribution is -2.58. The lowest BCUT2D eigenvalue weighted by molar-refractivity contribution is -0.140. The van der Waals surface area contributed by atoms with Gasteiger partial charge in [-0.1, -0.05) is 25.7 Å². The minimum absolute atomic E-state index is 0.0381. The summed E-state index contributed by atoms with van der Waals surface area (Å²) in [6, 6.07) is -0.0977. The van der Waals surface area contributed by atoms with Gasteiger partial charge in [0.05, 0.1) is 6.04 Å². The molecule has 0 spiro atoms. The summed E-state index contributed by atoms with van der Waals surface area (Å²) in [5.74, 6) is 1.58. The van der Waals surface area contributed by atoms with E-state index in [-0.39, 0.29) is 17.9 Å². The normalized spacial score (nSPS) is 27.3. The number of carbonyl (C=O) groups is 3. The summed E-state index contributed by atoms with van der Waals surface area (Å²) in [4.78, 5) is 45.9. The minimum atomic E-state index is -0.574. The van der Waals surface area contributed by atoms with Gasteiger partial charge in [0, 0.05) is 38.3 Å². The largest absolute Gasteiger partial charge is 0.444 e. The van der Waals surface area contributed by atoms with E-state index in [2.05, 4.69) is 10.2 Å².